The maximum Gasteiger partial charge on any atom is 0.410 e. The Kier molecular flexibility index (Phi) is 5.53. The Morgan fingerprint density at radius 3 is 2.50 bits per heavy atom. The highest BCUT2D eigenvalue weighted by Crippen LogP contribution is 2.38. The van der Waals surface area contributed by atoms with E-state index in [4.69, 9.17) is 9.89 Å². The first-order chi connectivity index (χ1) is 12.6. The molecule has 1 aliphatic heterocycles. The van der Waals surface area contributed by atoms with E-state index < -0.39 is 40.0 Å². The van der Waals surface area contributed by atoms with E-state index in [9.17, 15) is 13.4 Å². The van der Waals surface area contributed by atoms with Gasteiger partial charge in [0.25, 0.3) is 0 Å². The molecule has 1 amide bonds. The summed E-state index contributed by atoms with van der Waals surface area (Å²) in [7, 11) is -4.96. The topological polar surface area (TPSA) is 103 Å². The number of aliphatic imine (C=N–C) groups is 1. The molecule has 1 aliphatic rings. The molecule has 6 nitrogen and oxygen atoms in total. The van der Waals surface area contributed by atoms with Crippen molar-refractivity contribution in [3.05, 3.63) is 35.1 Å². The number of carbonyl (C=O) groups is 1. The smallest absolute Gasteiger partial charge is 0.410 e. The molecule has 152 valence electrons. The van der Waals surface area contributed by atoms with E-state index in [0.29, 0.717) is 5.56 Å². The van der Waals surface area contributed by atoms with E-state index in [1.165, 1.54) is 19.9 Å². The zero-order valence-electron chi connectivity index (χ0n) is 16.9. The minimum absolute atomic E-state index is 0.105. The quantitative estimate of drug-likeness (QED) is 0.473. The molecule has 1 aromatic rings. The van der Waals surface area contributed by atoms with Crippen molar-refractivity contribution in [1.29, 1.82) is 4.78 Å². The van der Waals surface area contributed by atoms with Crippen LogP contribution in [0.25, 0.3) is 0 Å². The molecule has 0 fully saturated rings. The summed E-state index contributed by atoms with van der Waals surface area (Å²) in [5.41, 5.74) is 2.61. The summed E-state index contributed by atoms with van der Waals surface area (Å²) in [6.45, 7) is 10.9. The zero-order chi connectivity index (χ0) is 21.5. The third-order valence-electron chi connectivity index (χ3n) is 4.59. The van der Waals surface area contributed by atoms with Crippen LogP contribution >= 0.6 is 0 Å². The van der Waals surface area contributed by atoms with Crippen molar-refractivity contribution in [3.63, 3.8) is 0 Å². The van der Waals surface area contributed by atoms with Crippen LogP contribution in [-0.2, 0) is 15.3 Å². The molecule has 0 radical (unpaired) electrons. The molecule has 0 spiro atoms. The number of amidine groups is 1. The van der Waals surface area contributed by atoms with E-state index in [-0.39, 0.29) is 17.2 Å². The van der Waals surface area contributed by atoms with Crippen molar-refractivity contribution < 1.29 is 18.5 Å². The van der Waals surface area contributed by atoms with Crippen LogP contribution in [0, 0.1) is 22.1 Å². The third kappa shape index (κ3) is 4.44. The number of amides is 1. The highest BCUT2D eigenvalue weighted by Gasteiger charge is 2.48. The monoisotopic (exact) mass is 423 g/mol. The van der Waals surface area contributed by atoms with Crippen molar-refractivity contribution >= 4 is 29.7 Å². The molecule has 3 N–H and O–H groups in total. The number of nitrogens with one attached hydrogen (secondary N) is 2. The van der Waals surface area contributed by atoms with Crippen LogP contribution in [0.15, 0.2) is 23.2 Å². The molecule has 0 aromatic heterocycles. The Morgan fingerprint density at radius 1 is 1.36 bits per heavy atom. The van der Waals surface area contributed by atoms with E-state index in [1.807, 2.05) is 0 Å². The summed E-state index contributed by atoms with van der Waals surface area (Å²) in [6, 6.07) is 4.40. The Balaban J connectivity index is 2.68. The number of hydrogen-bond acceptors (Lipinski definition) is 4. The van der Waals surface area contributed by atoms with Gasteiger partial charge in [0.2, 0.25) is 0 Å². The van der Waals surface area contributed by atoms with Gasteiger partial charge in [-0.15, -0.1) is 5.54 Å². The van der Waals surface area contributed by atoms with Crippen LogP contribution < -0.4 is 5.32 Å². The van der Waals surface area contributed by atoms with Gasteiger partial charge < -0.3 is 5.11 Å². The Bertz CT molecular complexity index is 1020. The van der Waals surface area contributed by atoms with Gasteiger partial charge in [-0.05, 0) is 39.0 Å². The normalized spacial score (nSPS) is 26.6. The first-order valence-corrected chi connectivity index (χ1v) is 14.0. The second kappa shape index (κ2) is 7.01. The second-order valence-corrected chi connectivity index (χ2v) is 16.1. The third-order valence-corrected chi connectivity index (χ3v) is 8.28. The molecule has 0 saturated heterocycles. The summed E-state index contributed by atoms with van der Waals surface area (Å²) >= 11 is 0. The summed E-state index contributed by atoms with van der Waals surface area (Å²) in [6.07, 6.45) is -1.37. The number of nitrogens with zero attached hydrogens (tertiary/aromatic N) is 1. The fraction of sp³-hybridized carbons (Fsp3) is 0.474. The van der Waals surface area contributed by atoms with Crippen LogP contribution in [0.4, 0.5) is 9.18 Å². The molecule has 1 aromatic carbocycles. The minimum atomic E-state index is -3.33. The van der Waals surface area contributed by atoms with Crippen molar-refractivity contribution in [2.45, 2.75) is 50.7 Å². The van der Waals surface area contributed by atoms with Crippen LogP contribution in [0.2, 0.25) is 19.6 Å². The maximum atomic E-state index is 14.7. The number of halogens is 1. The zero-order valence-corrected chi connectivity index (χ0v) is 18.8. The van der Waals surface area contributed by atoms with Gasteiger partial charge in [-0.3, -0.25) is 15.1 Å². The van der Waals surface area contributed by atoms with Gasteiger partial charge in [0.15, 0.2) is 0 Å². The minimum Gasteiger partial charge on any atom is -0.465 e. The first kappa shape index (κ1) is 22.1. The molecule has 0 aliphatic carbocycles. The van der Waals surface area contributed by atoms with Crippen molar-refractivity contribution in [1.82, 2.24) is 5.32 Å². The summed E-state index contributed by atoms with van der Waals surface area (Å²) in [5, 5.41) is 11.3. The second-order valence-electron chi connectivity index (χ2n) is 8.69. The largest absolute Gasteiger partial charge is 0.465 e. The van der Waals surface area contributed by atoms with Gasteiger partial charge in [-0.25, -0.2) is 13.4 Å². The SMILES string of the molecule is CC1(C)C(NC(=O)O)=N[C@](C)(c2cc(C#C[Si](C)(C)C)ccc2F)C[S@]1(=N)=O. The highest BCUT2D eigenvalue weighted by molar-refractivity contribution is 7.94. The average molecular weight is 424 g/mol. The lowest BCUT2D eigenvalue weighted by atomic mass is 9.92. The predicted octanol–water partition coefficient (Wildman–Crippen LogP) is 3.77. The van der Waals surface area contributed by atoms with Gasteiger partial charge >= 0.3 is 6.09 Å². The standard InChI is InChI=1S/C19H26FN3O3SSi/c1-18(2)16(22-17(24)25)23-19(3,12-27(18,21)26)14-11-13(7-8-15(14)20)9-10-28(4,5)6/h7-8,11,21H,12H2,1-6H3,(H,22,23)(H,24,25)/t19-,27-/m0/s1. The van der Waals surface area contributed by atoms with Crippen LogP contribution in [0.5, 0.6) is 0 Å². The molecule has 0 bridgehead atoms. The highest BCUT2D eigenvalue weighted by atomic mass is 32.2. The van der Waals surface area contributed by atoms with Crippen LogP contribution in [0.3, 0.4) is 0 Å². The number of benzene rings is 1. The van der Waals surface area contributed by atoms with Crippen molar-refractivity contribution in [2.24, 2.45) is 4.99 Å². The fourth-order valence-electron chi connectivity index (χ4n) is 2.84. The van der Waals surface area contributed by atoms with Gasteiger partial charge in [0.1, 0.15) is 30.0 Å². The molecule has 9 heteroatoms. The summed E-state index contributed by atoms with van der Waals surface area (Å²) in [5.74, 6) is 2.17. The molecule has 2 atom stereocenters. The predicted molar refractivity (Wildman–Crippen MR) is 112 cm³/mol. The van der Waals surface area contributed by atoms with E-state index >= 15 is 0 Å². The number of rotatable bonds is 1. The van der Waals surface area contributed by atoms with E-state index in [0.717, 1.165) is 0 Å². The van der Waals surface area contributed by atoms with Crippen LogP contribution in [0.1, 0.15) is 31.9 Å². The van der Waals surface area contributed by atoms with Crippen LogP contribution in [-0.4, -0.2) is 39.8 Å². The molecule has 0 saturated carbocycles. The lowest BCUT2D eigenvalue weighted by molar-refractivity contribution is 0.199. The number of carboxylic acid groups (broad SMARTS) is 1. The molecule has 1 heterocycles. The lowest BCUT2D eigenvalue weighted by Crippen LogP contribution is -2.57. The maximum absolute atomic E-state index is 14.7. The van der Waals surface area contributed by atoms with Gasteiger partial charge in [0.05, 0.1) is 15.5 Å². The summed E-state index contributed by atoms with van der Waals surface area (Å²) < 4.78 is 34.9. The van der Waals surface area contributed by atoms with Crippen molar-refractivity contribution in [3.8, 4) is 11.5 Å². The molecular formula is C19H26FN3O3SSi. The van der Waals surface area contributed by atoms with Crippen molar-refractivity contribution in [2.75, 3.05) is 5.75 Å². The fourth-order valence-corrected chi connectivity index (χ4v) is 5.14. The molecular weight excluding hydrogens is 397 g/mol. The Hall–Kier alpha value is -2.18. The Labute approximate surface area is 166 Å². The molecule has 28 heavy (non-hydrogen) atoms. The van der Waals surface area contributed by atoms with Gasteiger partial charge in [-0.2, -0.15) is 0 Å². The summed E-state index contributed by atoms with van der Waals surface area (Å²) in [4.78, 5) is 15.6. The van der Waals surface area contributed by atoms with E-state index in [1.54, 1.807) is 19.1 Å². The van der Waals surface area contributed by atoms with Gasteiger partial charge in [-0.1, -0.05) is 25.6 Å². The average Bonchev–Trinajstić information content (AvgIpc) is 2.50. The van der Waals surface area contributed by atoms with E-state index in [2.05, 4.69) is 41.4 Å². The Morgan fingerprint density at radius 2 is 1.96 bits per heavy atom. The number of hydrogen-bond donors (Lipinski definition) is 3. The van der Waals surface area contributed by atoms with Gasteiger partial charge in [0, 0.05) is 11.1 Å². The molecule has 2 rings (SSSR count). The first-order valence-electron chi connectivity index (χ1n) is 8.77. The molecule has 0 unspecified atom stereocenters. The lowest BCUT2D eigenvalue weighted by Gasteiger charge is -2.40.